The molecule has 0 unspecified atom stereocenters. The Balaban J connectivity index is 1.24. The fourth-order valence-corrected chi connectivity index (χ4v) is 4.99. The maximum absolute atomic E-state index is 12.9. The van der Waals surface area contributed by atoms with Crippen LogP contribution in [0.1, 0.15) is 27.1 Å². The molecular formula is C24H18N2O7. The summed E-state index contributed by atoms with van der Waals surface area (Å²) in [5.41, 5.74) is 0.365. The minimum atomic E-state index is -0.765. The summed E-state index contributed by atoms with van der Waals surface area (Å²) < 4.78 is 5.04. The number of non-ortho nitro benzene ring substituents is 1. The Morgan fingerprint density at radius 1 is 0.970 bits per heavy atom. The molecule has 0 spiro atoms. The van der Waals surface area contributed by atoms with Gasteiger partial charge >= 0.3 is 5.97 Å². The summed E-state index contributed by atoms with van der Waals surface area (Å²) in [6.45, 7) is -0.579. The van der Waals surface area contributed by atoms with Gasteiger partial charge in [0.25, 0.3) is 5.69 Å². The van der Waals surface area contributed by atoms with Crippen molar-refractivity contribution < 1.29 is 28.8 Å². The van der Waals surface area contributed by atoms with E-state index in [2.05, 4.69) is 0 Å². The van der Waals surface area contributed by atoms with Gasteiger partial charge in [-0.05, 0) is 42.5 Å². The van der Waals surface area contributed by atoms with Gasteiger partial charge in [0.1, 0.15) is 0 Å². The van der Waals surface area contributed by atoms with E-state index in [0.717, 1.165) is 12.5 Å². The summed E-state index contributed by atoms with van der Waals surface area (Å²) in [5.74, 6) is -2.16. The number of hydrogen-bond donors (Lipinski definition) is 0. The minimum absolute atomic E-state index is 0.0624. The minimum Gasteiger partial charge on any atom is -0.454 e. The van der Waals surface area contributed by atoms with E-state index in [1.54, 1.807) is 0 Å². The van der Waals surface area contributed by atoms with Crippen LogP contribution in [-0.4, -0.2) is 35.1 Å². The number of carbonyl (C=O) groups is 4. The van der Waals surface area contributed by atoms with E-state index in [4.69, 9.17) is 4.74 Å². The molecule has 2 aliphatic carbocycles. The smallest absolute Gasteiger partial charge is 0.338 e. The van der Waals surface area contributed by atoms with Crippen LogP contribution < -0.4 is 4.90 Å². The molecule has 2 aromatic carbocycles. The predicted octanol–water partition coefficient (Wildman–Crippen LogP) is 2.95. The van der Waals surface area contributed by atoms with Crippen molar-refractivity contribution >= 4 is 34.9 Å². The number of benzene rings is 2. The predicted molar refractivity (Wildman–Crippen MR) is 114 cm³/mol. The largest absolute Gasteiger partial charge is 0.454 e. The Hall–Kier alpha value is -4.14. The standard InChI is InChI=1S/C24H18N2O7/c27-19(14-2-1-3-18(11-14)26(31)32)12-33-24(30)13-6-8-17(9-7-13)25-22(28)20-15-4-5-16(10-15)21(20)23(25)29/h1-9,11,15-16,20-21H,10,12H2/t15-,16+,20-,21-/m0/s1. The van der Waals surface area contributed by atoms with E-state index < -0.39 is 23.3 Å². The van der Waals surface area contributed by atoms with Gasteiger partial charge in [0.2, 0.25) is 17.6 Å². The molecule has 2 amide bonds. The van der Waals surface area contributed by atoms with Gasteiger partial charge in [-0.3, -0.25) is 29.4 Å². The van der Waals surface area contributed by atoms with Gasteiger partial charge in [0.05, 0.1) is 28.0 Å². The van der Waals surface area contributed by atoms with Crippen molar-refractivity contribution in [1.29, 1.82) is 0 Å². The van der Waals surface area contributed by atoms with Crippen LogP contribution in [-0.2, 0) is 14.3 Å². The Morgan fingerprint density at radius 3 is 2.21 bits per heavy atom. The first-order valence-electron chi connectivity index (χ1n) is 10.5. The third-order valence-electron chi connectivity index (χ3n) is 6.54. The zero-order chi connectivity index (χ0) is 23.3. The van der Waals surface area contributed by atoms with Gasteiger partial charge in [0.15, 0.2) is 6.61 Å². The molecule has 1 aliphatic heterocycles. The molecule has 0 aromatic heterocycles. The number of fused-ring (bicyclic) bond motifs is 5. The number of imide groups is 1. The van der Waals surface area contributed by atoms with E-state index in [-0.39, 0.29) is 52.3 Å². The van der Waals surface area contributed by atoms with Crippen molar-refractivity contribution in [2.45, 2.75) is 6.42 Å². The molecule has 1 saturated heterocycles. The van der Waals surface area contributed by atoms with Crippen LogP contribution in [0.2, 0.25) is 0 Å². The SMILES string of the molecule is O=C(COC(=O)c1ccc(N2C(=O)[C@@H]3[C@@H](C2=O)[C@H]2C=C[C@@H]3C2)cc1)c1cccc([N+](=O)[O-])c1. The monoisotopic (exact) mass is 446 g/mol. The number of ketones is 1. The van der Waals surface area contributed by atoms with E-state index in [1.807, 2.05) is 12.2 Å². The Morgan fingerprint density at radius 2 is 1.61 bits per heavy atom. The van der Waals surface area contributed by atoms with Crippen molar-refractivity contribution in [2.75, 3.05) is 11.5 Å². The number of carbonyl (C=O) groups excluding carboxylic acids is 4. The van der Waals surface area contributed by atoms with Crippen molar-refractivity contribution in [1.82, 2.24) is 0 Å². The lowest BCUT2D eigenvalue weighted by atomic mass is 9.85. The van der Waals surface area contributed by atoms with Crippen LogP contribution in [0.25, 0.3) is 0 Å². The lowest BCUT2D eigenvalue weighted by Crippen LogP contribution is -2.32. The molecule has 9 heteroatoms. The average Bonchev–Trinajstić information content (AvgIpc) is 3.51. The maximum Gasteiger partial charge on any atom is 0.338 e. The van der Waals surface area contributed by atoms with Crippen LogP contribution in [0.4, 0.5) is 11.4 Å². The second kappa shape index (κ2) is 7.77. The first-order valence-corrected chi connectivity index (χ1v) is 10.5. The van der Waals surface area contributed by atoms with E-state index in [0.29, 0.717) is 5.69 Å². The van der Waals surface area contributed by atoms with Gasteiger partial charge in [-0.1, -0.05) is 24.3 Å². The number of nitrogens with zero attached hydrogens (tertiary/aromatic N) is 2. The Labute approximate surface area is 187 Å². The molecule has 1 saturated carbocycles. The number of Topliss-reactive ketones (excluding diaryl/α,β-unsaturated/α-hetero) is 1. The first kappa shape index (κ1) is 20.7. The van der Waals surface area contributed by atoms with Crippen LogP contribution in [0.5, 0.6) is 0 Å². The molecule has 166 valence electrons. The highest BCUT2D eigenvalue weighted by atomic mass is 16.6. The van der Waals surface area contributed by atoms with Gasteiger partial charge in [-0.25, -0.2) is 4.79 Å². The lowest BCUT2D eigenvalue weighted by Gasteiger charge is -2.17. The lowest BCUT2D eigenvalue weighted by molar-refractivity contribution is -0.384. The normalized spacial score (nSPS) is 24.8. The van der Waals surface area contributed by atoms with Crippen LogP contribution in [0, 0.1) is 33.8 Å². The van der Waals surface area contributed by atoms with Crippen molar-refractivity contribution in [3.05, 3.63) is 81.9 Å². The highest BCUT2D eigenvalue weighted by Gasteiger charge is 2.59. The summed E-state index contributed by atoms with van der Waals surface area (Å²) in [4.78, 5) is 61.7. The summed E-state index contributed by atoms with van der Waals surface area (Å²) in [5, 5.41) is 10.8. The number of esters is 1. The van der Waals surface area contributed by atoms with Crippen LogP contribution in [0.3, 0.4) is 0 Å². The van der Waals surface area contributed by atoms with Crippen LogP contribution in [0.15, 0.2) is 60.7 Å². The van der Waals surface area contributed by atoms with Crippen molar-refractivity contribution in [2.24, 2.45) is 23.7 Å². The average molecular weight is 446 g/mol. The molecule has 9 nitrogen and oxygen atoms in total. The molecule has 33 heavy (non-hydrogen) atoms. The van der Waals surface area contributed by atoms with E-state index in [9.17, 15) is 29.3 Å². The zero-order valence-corrected chi connectivity index (χ0v) is 17.2. The molecule has 0 N–H and O–H groups in total. The molecule has 2 aromatic rings. The molecule has 0 radical (unpaired) electrons. The van der Waals surface area contributed by atoms with Crippen molar-refractivity contribution in [3.63, 3.8) is 0 Å². The number of nitro benzene ring substituents is 1. The molecule has 2 bridgehead atoms. The molecule has 2 fully saturated rings. The number of rotatable bonds is 6. The van der Waals surface area contributed by atoms with E-state index in [1.165, 1.54) is 47.4 Å². The summed E-state index contributed by atoms with van der Waals surface area (Å²) in [6.07, 6.45) is 4.89. The number of hydrogen-bond acceptors (Lipinski definition) is 7. The summed E-state index contributed by atoms with van der Waals surface area (Å²) in [6, 6.07) is 11.0. The second-order valence-electron chi connectivity index (χ2n) is 8.37. The Kier molecular flexibility index (Phi) is 4.88. The van der Waals surface area contributed by atoms with Crippen molar-refractivity contribution in [3.8, 4) is 0 Å². The topological polar surface area (TPSA) is 124 Å². The summed E-state index contributed by atoms with van der Waals surface area (Å²) >= 11 is 0. The third kappa shape index (κ3) is 3.42. The summed E-state index contributed by atoms with van der Waals surface area (Å²) in [7, 11) is 0. The third-order valence-corrected chi connectivity index (χ3v) is 6.54. The van der Waals surface area contributed by atoms with E-state index >= 15 is 0 Å². The van der Waals surface area contributed by atoms with Gasteiger partial charge in [0, 0.05) is 17.7 Å². The maximum atomic E-state index is 12.9. The number of ether oxygens (including phenoxy) is 1. The van der Waals surface area contributed by atoms with Crippen LogP contribution >= 0.6 is 0 Å². The fourth-order valence-electron chi connectivity index (χ4n) is 4.99. The first-order chi connectivity index (χ1) is 15.8. The molecule has 3 aliphatic rings. The molecular weight excluding hydrogens is 428 g/mol. The van der Waals surface area contributed by atoms with Gasteiger partial charge < -0.3 is 4.74 Å². The quantitative estimate of drug-likeness (QED) is 0.167. The second-order valence-corrected chi connectivity index (χ2v) is 8.37. The number of anilines is 1. The highest BCUT2D eigenvalue weighted by Crippen LogP contribution is 2.53. The molecule has 4 atom stereocenters. The zero-order valence-electron chi connectivity index (χ0n) is 17.2. The van der Waals surface area contributed by atoms with Gasteiger partial charge in [-0.15, -0.1) is 0 Å². The number of nitro groups is 1. The number of allylic oxidation sites excluding steroid dienone is 2. The number of amides is 2. The molecule has 1 heterocycles. The molecule has 5 rings (SSSR count). The Bertz CT molecular complexity index is 1200. The highest BCUT2D eigenvalue weighted by molar-refractivity contribution is 6.22. The fraction of sp³-hybridized carbons (Fsp3) is 0.250. The van der Waals surface area contributed by atoms with Gasteiger partial charge in [-0.2, -0.15) is 0 Å².